The van der Waals surface area contributed by atoms with Crippen LogP contribution in [-0.2, 0) is 0 Å². The van der Waals surface area contributed by atoms with Crippen LogP contribution in [0.5, 0.6) is 5.75 Å². The van der Waals surface area contributed by atoms with E-state index in [2.05, 4.69) is 11.4 Å². The van der Waals surface area contributed by atoms with E-state index in [0.29, 0.717) is 30.0 Å². The van der Waals surface area contributed by atoms with Crippen molar-refractivity contribution in [3.63, 3.8) is 0 Å². The third kappa shape index (κ3) is 3.94. The van der Waals surface area contributed by atoms with Crippen LogP contribution in [0.3, 0.4) is 0 Å². The Bertz CT molecular complexity index is 881. The topological polar surface area (TPSA) is 81.2 Å². The molecule has 4 fully saturated rings. The summed E-state index contributed by atoms with van der Waals surface area (Å²) in [5.41, 5.74) is -0.886. The van der Waals surface area contributed by atoms with Crippen molar-refractivity contribution >= 4 is 5.84 Å². The highest BCUT2D eigenvalue weighted by molar-refractivity contribution is 5.84. The number of hydrogen-bond acceptors (Lipinski definition) is 4. The highest BCUT2D eigenvalue weighted by atomic mass is 19.1. The van der Waals surface area contributed by atoms with Crippen LogP contribution in [0.2, 0.25) is 0 Å². The molecule has 5 rings (SSSR count). The van der Waals surface area contributed by atoms with Gasteiger partial charge in [-0.15, -0.1) is 0 Å². The quantitative estimate of drug-likeness (QED) is 0.343. The second kappa shape index (κ2) is 7.34. The van der Waals surface area contributed by atoms with E-state index in [1.54, 1.807) is 18.2 Å². The lowest BCUT2D eigenvalue weighted by Crippen LogP contribution is -2.53. The van der Waals surface area contributed by atoms with Gasteiger partial charge in [-0.05, 0) is 75.8 Å². The molecule has 1 aromatic carbocycles. The number of amidine groups is 1. The third-order valence-electron chi connectivity index (χ3n) is 6.78. The standard InChI is InChI=1S/C23H27FN4O/c1-22(2,29-19-6-4-3-5-18(19)24)12-20(27-14-26)28-21-16-7-15-8-17(21)11-23(9-15,10-16)13-25/h3-6,15-17,21H,7-12H2,1-2H3,(H,27,28). The Hall–Kier alpha value is -2.60. The first-order valence-electron chi connectivity index (χ1n) is 10.4. The molecule has 4 aliphatic rings. The van der Waals surface area contributed by atoms with E-state index < -0.39 is 11.4 Å². The molecule has 0 heterocycles. The molecule has 4 aliphatic carbocycles. The summed E-state index contributed by atoms with van der Waals surface area (Å²) in [6, 6.07) is 9.08. The predicted molar refractivity (Wildman–Crippen MR) is 107 cm³/mol. The Morgan fingerprint density at radius 2 is 1.93 bits per heavy atom. The van der Waals surface area contributed by atoms with Gasteiger partial charge in [-0.1, -0.05) is 12.1 Å². The van der Waals surface area contributed by atoms with E-state index in [-0.39, 0.29) is 17.2 Å². The maximum absolute atomic E-state index is 14.0. The lowest BCUT2D eigenvalue weighted by atomic mass is 9.48. The molecular formula is C23H27FN4O. The predicted octanol–water partition coefficient (Wildman–Crippen LogP) is 4.56. The molecule has 4 bridgehead atoms. The molecule has 1 N–H and O–H groups in total. The number of ether oxygens (including phenoxy) is 1. The minimum absolute atomic E-state index is 0.146. The summed E-state index contributed by atoms with van der Waals surface area (Å²) in [5.74, 6) is 1.83. The highest BCUT2D eigenvalue weighted by Gasteiger charge is 2.55. The zero-order valence-corrected chi connectivity index (χ0v) is 17.0. The van der Waals surface area contributed by atoms with Gasteiger partial charge in [0.2, 0.25) is 0 Å². The summed E-state index contributed by atoms with van der Waals surface area (Å²) in [4.78, 5) is 4.98. The molecular weight excluding hydrogens is 367 g/mol. The van der Waals surface area contributed by atoms with Crippen molar-refractivity contribution in [1.82, 2.24) is 5.32 Å². The second-order valence-corrected chi connectivity index (χ2v) is 9.63. The van der Waals surface area contributed by atoms with E-state index in [0.717, 1.165) is 32.1 Å². The molecule has 0 spiro atoms. The van der Waals surface area contributed by atoms with Gasteiger partial charge in [0.05, 0.1) is 17.5 Å². The summed E-state index contributed by atoms with van der Waals surface area (Å²) in [6.45, 7) is 3.74. The van der Waals surface area contributed by atoms with Crippen molar-refractivity contribution in [2.75, 3.05) is 0 Å². The van der Waals surface area contributed by atoms with Crippen molar-refractivity contribution in [3.8, 4) is 18.0 Å². The lowest BCUT2D eigenvalue weighted by molar-refractivity contribution is -0.0352. The van der Waals surface area contributed by atoms with E-state index in [1.165, 1.54) is 6.07 Å². The summed E-state index contributed by atoms with van der Waals surface area (Å²) < 4.78 is 19.9. The molecule has 29 heavy (non-hydrogen) atoms. The average Bonchev–Trinajstić information content (AvgIpc) is 2.66. The normalized spacial score (nSPS) is 33.1. The number of benzene rings is 1. The Morgan fingerprint density at radius 1 is 1.24 bits per heavy atom. The summed E-state index contributed by atoms with van der Waals surface area (Å²) in [6.07, 6.45) is 7.50. The smallest absolute Gasteiger partial charge is 0.182 e. The maximum atomic E-state index is 14.0. The Morgan fingerprint density at radius 3 is 2.55 bits per heavy atom. The summed E-state index contributed by atoms with van der Waals surface area (Å²) in [5, 5.41) is 21.7. The Labute approximate surface area is 171 Å². The molecule has 0 aliphatic heterocycles. The van der Waals surface area contributed by atoms with Gasteiger partial charge in [0.25, 0.3) is 0 Å². The molecule has 0 aromatic heterocycles. The number of halogens is 1. The highest BCUT2D eigenvalue weighted by Crippen LogP contribution is 2.60. The molecule has 0 radical (unpaired) electrons. The SMILES string of the molecule is CC(C)(CC(=NC1C2CC3CC1CC(C#N)(C3)C2)NC#N)Oc1ccccc1F. The van der Waals surface area contributed by atoms with Crippen LogP contribution in [0.15, 0.2) is 29.3 Å². The van der Waals surface area contributed by atoms with E-state index in [1.807, 2.05) is 20.0 Å². The first-order chi connectivity index (χ1) is 13.8. The molecule has 6 heteroatoms. The fourth-order valence-electron chi connectivity index (χ4n) is 5.98. The second-order valence-electron chi connectivity index (χ2n) is 9.63. The number of aliphatic imine (C=N–C) groups is 1. The van der Waals surface area contributed by atoms with Crippen molar-refractivity contribution in [1.29, 1.82) is 10.5 Å². The van der Waals surface area contributed by atoms with E-state index >= 15 is 0 Å². The summed E-state index contributed by atoms with van der Waals surface area (Å²) in [7, 11) is 0. The van der Waals surface area contributed by atoms with Gasteiger partial charge in [-0.25, -0.2) is 4.39 Å². The fourth-order valence-corrected chi connectivity index (χ4v) is 5.98. The monoisotopic (exact) mass is 394 g/mol. The van der Waals surface area contributed by atoms with Gasteiger partial charge in [-0.2, -0.15) is 10.5 Å². The number of nitrogens with one attached hydrogen (secondary N) is 1. The molecule has 4 saturated carbocycles. The van der Waals surface area contributed by atoms with Crippen LogP contribution < -0.4 is 10.1 Å². The van der Waals surface area contributed by atoms with Gasteiger partial charge in [0.15, 0.2) is 17.8 Å². The van der Waals surface area contributed by atoms with Crippen molar-refractivity contribution in [3.05, 3.63) is 30.1 Å². The van der Waals surface area contributed by atoms with Crippen LogP contribution in [0, 0.1) is 51.8 Å². The number of nitriles is 2. The molecule has 152 valence electrons. The summed E-state index contributed by atoms with van der Waals surface area (Å²) >= 11 is 0. The van der Waals surface area contributed by atoms with Crippen molar-refractivity contribution < 1.29 is 9.13 Å². The average molecular weight is 394 g/mol. The third-order valence-corrected chi connectivity index (χ3v) is 6.78. The first-order valence-corrected chi connectivity index (χ1v) is 10.4. The van der Waals surface area contributed by atoms with Gasteiger partial charge in [0, 0.05) is 6.42 Å². The van der Waals surface area contributed by atoms with Crippen molar-refractivity contribution in [2.45, 2.75) is 64.0 Å². The minimum Gasteiger partial charge on any atom is -0.484 e. The fraction of sp³-hybridized carbons (Fsp3) is 0.609. The first kappa shape index (κ1) is 19.7. The van der Waals surface area contributed by atoms with Gasteiger partial charge in [-0.3, -0.25) is 10.3 Å². The van der Waals surface area contributed by atoms with Gasteiger partial charge >= 0.3 is 0 Å². The zero-order valence-electron chi connectivity index (χ0n) is 17.0. The molecule has 0 saturated heterocycles. The molecule has 5 nitrogen and oxygen atoms in total. The number of rotatable bonds is 5. The van der Waals surface area contributed by atoms with E-state index in [4.69, 9.17) is 9.73 Å². The van der Waals surface area contributed by atoms with Gasteiger partial charge in [0.1, 0.15) is 11.4 Å². The number of hydrogen-bond donors (Lipinski definition) is 1. The van der Waals surface area contributed by atoms with Crippen LogP contribution in [0.4, 0.5) is 4.39 Å². The van der Waals surface area contributed by atoms with Crippen LogP contribution in [-0.4, -0.2) is 17.5 Å². The van der Waals surface area contributed by atoms with E-state index in [9.17, 15) is 14.9 Å². The lowest BCUT2D eigenvalue weighted by Gasteiger charge is -2.56. The molecule has 1 aromatic rings. The Balaban J connectivity index is 1.52. The van der Waals surface area contributed by atoms with Crippen LogP contribution in [0.1, 0.15) is 52.4 Å². The zero-order chi connectivity index (χ0) is 20.6. The number of para-hydroxylation sites is 1. The van der Waals surface area contributed by atoms with Crippen LogP contribution >= 0.6 is 0 Å². The Kier molecular flexibility index (Phi) is 4.99. The maximum Gasteiger partial charge on any atom is 0.182 e. The molecule has 2 atom stereocenters. The molecule has 0 amide bonds. The number of nitrogens with zero attached hydrogens (tertiary/aromatic N) is 3. The largest absolute Gasteiger partial charge is 0.484 e. The minimum atomic E-state index is -0.731. The molecule has 2 unspecified atom stereocenters. The van der Waals surface area contributed by atoms with Gasteiger partial charge < -0.3 is 4.74 Å². The van der Waals surface area contributed by atoms with Crippen molar-refractivity contribution in [2.24, 2.45) is 28.2 Å². The van der Waals surface area contributed by atoms with Crippen LogP contribution in [0.25, 0.3) is 0 Å².